The maximum Gasteiger partial charge on any atom is 0.407 e. The van der Waals surface area contributed by atoms with Crippen molar-refractivity contribution < 1.29 is 28.7 Å². The van der Waals surface area contributed by atoms with Crippen LogP contribution in [0.15, 0.2) is 54.6 Å². The third-order valence-corrected chi connectivity index (χ3v) is 5.76. The zero-order chi connectivity index (χ0) is 28.8. The highest BCUT2D eigenvalue weighted by Gasteiger charge is 2.25. The summed E-state index contributed by atoms with van der Waals surface area (Å²) in [5, 5.41) is 5.25. The predicted molar refractivity (Wildman–Crippen MR) is 149 cm³/mol. The van der Waals surface area contributed by atoms with Crippen LogP contribution >= 0.6 is 0 Å². The molecule has 0 aliphatic carbocycles. The van der Waals surface area contributed by atoms with E-state index in [0.29, 0.717) is 17.7 Å². The molecule has 1 atom stereocenters. The van der Waals surface area contributed by atoms with Gasteiger partial charge in [0.1, 0.15) is 5.60 Å². The van der Waals surface area contributed by atoms with Crippen molar-refractivity contribution in [2.75, 3.05) is 19.7 Å². The number of hydrogen-bond donors (Lipinski definition) is 2. The van der Waals surface area contributed by atoms with Crippen molar-refractivity contribution in [3.63, 3.8) is 0 Å². The maximum absolute atomic E-state index is 13.4. The minimum absolute atomic E-state index is 0.0683. The van der Waals surface area contributed by atoms with E-state index in [2.05, 4.69) is 10.6 Å². The van der Waals surface area contributed by atoms with Crippen LogP contribution in [0.25, 0.3) is 0 Å². The predicted octanol–water partition coefficient (Wildman–Crippen LogP) is 5.09. The molecule has 0 radical (unpaired) electrons. The molecule has 2 aromatic carbocycles. The van der Waals surface area contributed by atoms with Crippen molar-refractivity contribution in [1.82, 2.24) is 15.5 Å². The van der Waals surface area contributed by atoms with Crippen molar-refractivity contribution in [1.29, 1.82) is 0 Å². The molecule has 4 amide bonds. The first kappa shape index (κ1) is 31.5. The topological polar surface area (TPSA) is 114 Å². The van der Waals surface area contributed by atoms with Crippen LogP contribution in [0.2, 0.25) is 0 Å². The number of Topliss-reactive ketones (excluding diaryl/α,β-unsaturated/α-hetero) is 1. The Labute approximate surface area is 231 Å². The molecular formula is C30H41N3O6. The second-order valence-electron chi connectivity index (χ2n) is 10.5. The number of alkyl carbamates (subject to hydrolysis) is 1. The summed E-state index contributed by atoms with van der Waals surface area (Å²) < 4.78 is 10.8. The SMILES string of the molecule is CCC(C)CN(C(=O)NCC(=O)CCOCc1ccccc1)C(=O)c1cccc(CNC(=O)OC(C)(C)C)c1. The Morgan fingerprint density at radius 1 is 0.949 bits per heavy atom. The molecule has 9 nitrogen and oxygen atoms in total. The first-order chi connectivity index (χ1) is 18.5. The highest BCUT2D eigenvalue weighted by molar-refractivity contribution is 6.04. The molecule has 0 saturated heterocycles. The summed E-state index contributed by atoms with van der Waals surface area (Å²) in [6, 6.07) is 15.7. The van der Waals surface area contributed by atoms with Crippen LogP contribution in [0.1, 0.15) is 68.9 Å². The Kier molecular flexibility index (Phi) is 12.6. The average molecular weight is 540 g/mol. The van der Waals surface area contributed by atoms with Crippen LogP contribution in [-0.2, 0) is 27.4 Å². The third-order valence-electron chi connectivity index (χ3n) is 5.76. The third kappa shape index (κ3) is 12.1. The fourth-order valence-electron chi connectivity index (χ4n) is 3.47. The Bertz CT molecular complexity index is 1100. The number of carbonyl (C=O) groups is 4. The van der Waals surface area contributed by atoms with E-state index >= 15 is 0 Å². The number of ether oxygens (including phenoxy) is 2. The average Bonchev–Trinajstić information content (AvgIpc) is 2.91. The zero-order valence-corrected chi connectivity index (χ0v) is 23.6. The first-order valence-corrected chi connectivity index (χ1v) is 13.3. The Balaban J connectivity index is 1.94. The summed E-state index contributed by atoms with van der Waals surface area (Å²) in [6.07, 6.45) is 0.361. The molecule has 2 aromatic rings. The number of urea groups is 1. The van der Waals surface area contributed by atoms with Gasteiger partial charge in [-0.05, 0) is 49.9 Å². The second-order valence-corrected chi connectivity index (χ2v) is 10.5. The highest BCUT2D eigenvalue weighted by Crippen LogP contribution is 2.13. The van der Waals surface area contributed by atoms with Crippen molar-refractivity contribution in [2.45, 2.75) is 66.2 Å². The molecule has 212 valence electrons. The van der Waals surface area contributed by atoms with Gasteiger partial charge in [-0.15, -0.1) is 0 Å². The molecule has 2 rings (SSSR count). The molecule has 2 N–H and O–H groups in total. The number of carbonyl (C=O) groups excluding carboxylic acids is 4. The largest absolute Gasteiger partial charge is 0.444 e. The quantitative estimate of drug-likeness (QED) is 0.343. The van der Waals surface area contributed by atoms with Crippen molar-refractivity contribution in [2.24, 2.45) is 5.92 Å². The lowest BCUT2D eigenvalue weighted by atomic mass is 10.1. The van der Waals surface area contributed by atoms with E-state index in [4.69, 9.17) is 9.47 Å². The van der Waals surface area contributed by atoms with Gasteiger partial charge in [0, 0.05) is 25.1 Å². The van der Waals surface area contributed by atoms with Gasteiger partial charge in [-0.1, -0.05) is 62.7 Å². The molecule has 39 heavy (non-hydrogen) atoms. The minimum Gasteiger partial charge on any atom is -0.444 e. The summed E-state index contributed by atoms with van der Waals surface area (Å²) in [4.78, 5) is 51.8. The van der Waals surface area contributed by atoms with E-state index in [1.54, 1.807) is 45.0 Å². The molecule has 0 heterocycles. The summed E-state index contributed by atoms with van der Waals surface area (Å²) in [5.74, 6) is -0.605. The van der Waals surface area contributed by atoms with Gasteiger partial charge in [0.2, 0.25) is 0 Å². The van der Waals surface area contributed by atoms with Gasteiger partial charge in [-0.25, -0.2) is 9.59 Å². The van der Waals surface area contributed by atoms with Crippen LogP contribution in [0.4, 0.5) is 9.59 Å². The molecule has 0 spiro atoms. The van der Waals surface area contributed by atoms with Crippen molar-refractivity contribution >= 4 is 23.8 Å². The molecule has 0 aliphatic heterocycles. The van der Waals surface area contributed by atoms with E-state index in [0.717, 1.165) is 16.9 Å². The minimum atomic E-state index is -0.629. The fourth-order valence-corrected chi connectivity index (χ4v) is 3.47. The number of amides is 4. The lowest BCUT2D eigenvalue weighted by Gasteiger charge is -2.24. The molecule has 1 unspecified atom stereocenters. The molecule has 0 aliphatic rings. The van der Waals surface area contributed by atoms with Gasteiger partial charge < -0.3 is 20.1 Å². The van der Waals surface area contributed by atoms with Crippen LogP contribution in [0.5, 0.6) is 0 Å². The van der Waals surface area contributed by atoms with E-state index in [-0.39, 0.29) is 44.4 Å². The number of imide groups is 1. The van der Waals surface area contributed by atoms with Gasteiger partial charge >= 0.3 is 12.1 Å². The second kappa shape index (κ2) is 15.6. The van der Waals surface area contributed by atoms with E-state index < -0.39 is 23.6 Å². The molecular weight excluding hydrogens is 498 g/mol. The Hall–Kier alpha value is -3.72. The summed E-state index contributed by atoms with van der Waals surface area (Å²) >= 11 is 0. The van der Waals surface area contributed by atoms with E-state index in [1.807, 2.05) is 44.2 Å². The molecule has 0 fully saturated rings. The van der Waals surface area contributed by atoms with Crippen LogP contribution in [-0.4, -0.2) is 54.0 Å². The number of nitrogens with one attached hydrogen (secondary N) is 2. The number of hydrogen-bond acceptors (Lipinski definition) is 6. The van der Waals surface area contributed by atoms with Gasteiger partial charge in [-0.2, -0.15) is 0 Å². The van der Waals surface area contributed by atoms with E-state index in [9.17, 15) is 19.2 Å². The molecule has 0 bridgehead atoms. The summed E-state index contributed by atoms with van der Waals surface area (Å²) in [5.41, 5.74) is 1.38. The summed E-state index contributed by atoms with van der Waals surface area (Å²) in [6.45, 7) is 10.1. The molecule has 9 heteroatoms. The zero-order valence-electron chi connectivity index (χ0n) is 23.6. The number of nitrogens with zero attached hydrogens (tertiary/aromatic N) is 1. The molecule has 0 saturated carbocycles. The van der Waals surface area contributed by atoms with Crippen LogP contribution in [0.3, 0.4) is 0 Å². The molecule has 0 aromatic heterocycles. The first-order valence-electron chi connectivity index (χ1n) is 13.3. The van der Waals surface area contributed by atoms with Gasteiger partial charge in [-0.3, -0.25) is 14.5 Å². The number of ketones is 1. The van der Waals surface area contributed by atoms with E-state index in [1.165, 1.54) is 0 Å². The monoisotopic (exact) mass is 539 g/mol. The highest BCUT2D eigenvalue weighted by atomic mass is 16.6. The normalized spacial score (nSPS) is 11.8. The fraction of sp³-hybridized carbons (Fsp3) is 0.467. The number of benzene rings is 2. The Morgan fingerprint density at radius 2 is 1.64 bits per heavy atom. The number of rotatable bonds is 13. The van der Waals surface area contributed by atoms with Crippen LogP contribution in [0, 0.1) is 5.92 Å². The summed E-state index contributed by atoms with van der Waals surface area (Å²) in [7, 11) is 0. The van der Waals surface area contributed by atoms with Crippen molar-refractivity contribution in [3.8, 4) is 0 Å². The van der Waals surface area contributed by atoms with Gasteiger partial charge in [0.05, 0.1) is 19.8 Å². The van der Waals surface area contributed by atoms with Gasteiger partial charge in [0.25, 0.3) is 5.91 Å². The van der Waals surface area contributed by atoms with Gasteiger partial charge in [0.15, 0.2) is 5.78 Å². The smallest absolute Gasteiger partial charge is 0.407 e. The van der Waals surface area contributed by atoms with Crippen LogP contribution < -0.4 is 10.6 Å². The standard InChI is InChI=1S/C30H41N3O6/c1-6-22(2)20-33(28(36)31-19-26(34)15-16-38-21-23-11-8-7-9-12-23)27(35)25-14-10-13-24(17-25)18-32-29(37)39-30(3,4)5/h7-14,17,22H,6,15-16,18-21H2,1-5H3,(H,31,36)(H,32,37). The Morgan fingerprint density at radius 3 is 2.31 bits per heavy atom. The lowest BCUT2D eigenvalue weighted by Crippen LogP contribution is -2.47. The van der Waals surface area contributed by atoms with Crippen molar-refractivity contribution in [3.05, 3.63) is 71.3 Å². The lowest BCUT2D eigenvalue weighted by molar-refractivity contribution is -0.119. The maximum atomic E-state index is 13.4.